The van der Waals surface area contributed by atoms with Gasteiger partial charge in [-0.2, -0.15) is 5.10 Å². The third-order valence-corrected chi connectivity index (χ3v) is 5.43. The fourth-order valence-electron chi connectivity index (χ4n) is 3.44. The predicted octanol–water partition coefficient (Wildman–Crippen LogP) is 4.84. The van der Waals surface area contributed by atoms with E-state index in [0.717, 1.165) is 34.7 Å². The van der Waals surface area contributed by atoms with E-state index in [0.29, 0.717) is 0 Å². The van der Waals surface area contributed by atoms with Gasteiger partial charge < -0.3 is 9.88 Å². The second kappa shape index (κ2) is 9.44. The first-order valence-corrected chi connectivity index (χ1v) is 10.3. The van der Waals surface area contributed by atoms with E-state index in [9.17, 15) is 4.79 Å². The Kier molecular flexibility index (Phi) is 6.72. The number of aryl methyl sites for hydroxylation is 4. The maximum Gasteiger partial charge on any atom is 0.259 e. The Balaban J connectivity index is 1.61. The minimum atomic E-state index is -0.187. The molecule has 0 saturated heterocycles. The zero-order valence-corrected chi connectivity index (χ0v) is 18.4. The first-order valence-electron chi connectivity index (χ1n) is 10.3. The Hall–Kier alpha value is -3.34. The van der Waals surface area contributed by atoms with Gasteiger partial charge in [-0.25, -0.2) is 5.43 Å². The van der Waals surface area contributed by atoms with E-state index >= 15 is 0 Å². The van der Waals surface area contributed by atoms with E-state index < -0.39 is 0 Å². The van der Waals surface area contributed by atoms with Gasteiger partial charge in [0, 0.05) is 28.3 Å². The molecule has 0 bridgehead atoms. The molecular formula is C25H30N4O. The summed E-state index contributed by atoms with van der Waals surface area (Å²) in [6.07, 6.45) is 2.73. The molecule has 0 aliphatic rings. The highest BCUT2D eigenvalue weighted by Gasteiger charge is 2.09. The molecule has 0 aliphatic carbocycles. The number of benzene rings is 2. The van der Waals surface area contributed by atoms with Crippen molar-refractivity contribution in [3.63, 3.8) is 0 Å². The van der Waals surface area contributed by atoms with Crippen molar-refractivity contribution in [1.82, 2.24) is 9.99 Å². The number of hydrazone groups is 1. The number of nitrogens with zero attached hydrogens (tertiary/aromatic N) is 2. The maximum atomic E-state index is 12.1. The lowest BCUT2D eigenvalue weighted by Crippen LogP contribution is -2.25. The van der Waals surface area contributed by atoms with Crippen LogP contribution in [-0.4, -0.2) is 23.2 Å². The topological polar surface area (TPSA) is 58.4 Å². The highest BCUT2D eigenvalue weighted by atomic mass is 16.2. The molecule has 3 rings (SSSR count). The van der Waals surface area contributed by atoms with Crippen molar-refractivity contribution in [2.45, 2.75) is 41.0 Å². The Morgan fingerprint density at radius 2 is 1.73 bits per heavy atom. The summed E-state index contributed by atoms with van der Waals surface area (Å²) < 4.78 is 2.20. The van der Waals surface area contributed by atoms with Gasteiger partial charge >= 0.3 is 0 Å². The van der Waals surface area contributed by atoms with E-state index in [-0.39, 0.29) is 12.5 Å². The summed E-state index contributed by atoms with van der Waals surface area (Å²) in [7, 11) is 0. The smallest absolute Gasteiger partial charge is 0.259 e. The summed E-state index contributed by atoms with van der Waals surface area (Å²) in [4.78, 5) is 12.1. The zero-order chi connectivity index (χ0) is 21.7. The first kappa shape index (κ1) is 21.4. The summed E-state index contributed by atoms with van der Waals surface area (Å²) >= 11 is 0. The van der Waals surface area contributed by atoms with Gasteiger partial charge in [0.15, 0.2) is 0 Å². The summed E-state index contributed by atoms with van der Waals surface area (Å²) in [5, 5.41) is 7.27. The summed E-state index contributed by atoms with van der Waals surface area (Å²) in [6, 6.07) is 16.7. The van der Waals surface area contributed by atoms with Gasteiger partial charge in [0.25, 0.3) is 5.91 Å². The quantitative estimate of drug-likeness (QED) is 0.439. The van der Waals surface area contributed by atoms with Crippen molar-refractivity contribution in [2.24, 2.45) is 5.10 Å². The summed E-state index contributed by atoms with van der Waals surface area (Å²) in [5.41, 5.74) is 11.6. The summed E-state index contributed by atoms with van der Waals surface area (Å²) in [5.74, 6) is -0.187. The van der Waals surface area contributed by atoms with Crippen LogP contribution in [0.2, 0.25) is 0 Å². The number of aromatic nitrogens is 1. The average Bonchev–Trinajstić information content (AvgIpc) is 3.02. The lowest BCUT2D eigenvalue weighted by atomic mass is 10.1. The number of anilines is 1. The van der Waals surface area contributed by atoms with E-state index in [1.54, 1.807) is 6.21 Å². The molecule has 1 heterocycles. The summed E-state index contributed by atoms with van der Waals surface area (Å²) in [6.45, 7) is 10.6. The average molecular weight is 403 g/mol. The van der Waals surface area contributed by atoms with E-state index in [4.69, 9.17) is 0 Å². The molecule has 5 nitrogen and oxygen atoms in total. The monoisotopic (exact) mass is 402 g/mol. The Morgan fingerprint density at radius 1 is 1.00 bits per heavy atom. The van der Waals surface area contributed by atoms with Gasteiger partial charge in [-0.15, -0.1) is 0 Å². The number of hydrogen-bond acceptors (Lipinski definition) is 3. The number of carbonyl (C=O) groups excluding carboxylic acids is 1. The zero-order valence-electron chi connectivity index (χ0n) is 18.4. The molecule has 0 saturated carbocycles. The van der Waals surface area contributed by atoms with E-state index in [1.165, 1.54) is 16.7 Å². The molecule has 2 N–H and O–H groups in total. The molecule has 2 aromatic carbocycles. The van der Waals surface area contributed by atoms with Crippen LogP contribution >= 0.6 is 0 Å². The number of amides is 1. The van der Waals surface area contributed by atoms with Crippen LogP contribution in [0.4, 0.5) is 5.69 Å². The number of nitrogens with one attached hydrogen (secondary N) is 2. The minimum absolute atomic E-state index is 0.169. The fourth-order valence-corrected chi connectivity index (χ4v) is 3.44. The van der Waals surface area contributed by atoms with Crippen LogP contribution in [0.5, 0.6) is 0 Å². The SMILES string of the molecule is CCc1ccc(-n2c(C)cc(/C=N\NC(=O)CNc3ccc(C)c(C)c3)c2C)cc1. The van der Waals surface area contributed by atoms with Crippen molar-refractivity contribution in [3.8, 4) is 5.69 Å². The van der Waals surface area contributed by atoms with Crippen LogP contribution in [0.25, 0.3) is 5.69 Å². The Labute approximate surface area is 178 Å². The predicted molar refractivity (Wildman–Crippen MR) is 125 cm³/mol. The molecule has 0 unspecified atom stereocenters. The standard InChI is InChI=1S/C25H30N4O/c1-6-21-8-11-24(12-9-21)29-19(4)14-22(20(29)5)15-27-28-25(30)16-26-23-10-7-17(2)18(3)13-23/h7-15,26H,6,16H2,1-5H3,(H,28,30)/b27-15-. The van der Waals surface area contributed by atoms with Crippen LogP contribution in [0, 0.1) is 27.7 Å². The van der Waals surface area contributed by atoms with Crippen LogP contribution < -0.4 is 10.7 Å². The molecule has 0 fully saturated rings. The van der Waals surface area contributed by atoms with Crippen LogP contribution in [-0.2, 0) is 11.2 Å². The maximum absolute atomic E-state index is 12.1. The molecule has 0 spiro atoms. The van der Waals surface area contributed by atoms with Crippen LogP contribution in [0.15, 0.2) is 53.6 Å². The van der Waals surface area contributed by atoms with Gasteiger partial charge in [0.1, 0.15) is 0 Å². The first-order chi connectivity index (χ1) is 14.4. The van der Waals surface area contributed by atoms with Crippen molar-refractivity contribution < 1.29 is 4.79 Å². The highest BCUT2D eigenvalue weighted by Crippen LogP contribution is 2.20. The molecule has 1 amide bonds. The molecule has 30 heavy (non-hydrogen) atoms. The van der Waals surface area contributed by atoms with Gasteiger partial charge in [-0.1, -0.05) is 25.1 Å². The second-order valence-corrected chi connectivity index (χ2v) is 7.63. The third-order valence-electron chi connectivity index (χ3n) is 5.43. The number of carbonyl (C=O) groups is 1. The molecule has 0 atom stereocenters. The second-order valence-electron chi connectivity index (χ2n) is 7.63. The van der Waals surface area contributed by atoms with Gasteiger partial charge in [0.05, 0.1) is 12.8 Å². The Bertz CT molecular complexity index is 1060. The molecule has 1 aromatic heterocycles. The van der Waals surface area contributed by atoms with Crippen molar-refractivity contribution >= 4 is 17.8 Å². The van der Waals surface area contributed by atoms with Gasteiger partial charge in [-0.3, -0.25) is 4.79 Å². The van der Waals surface area contributed by atoms with Gasteiger partial charge in [0.2, 0.25) is 0 Å². The molecule has 3 aromatic rings. The molecular weight excluding hydrogens is 372 g/mol. The largest absolute Gasteiger partial charge is 0.376 e. The van der Waals surface area contributed by atoms with E-state index in [2.05, 4.69) is 85.4 Å². The van der Waals surface area contributed by atoms with Crippen LogP contribution in [0.3, 0.4) is 0 Å². The van der Waals surface area contributed by atoms with Crippen molar-refractivity contribution in [3.05, 3.63) is 82.2 Å². The van der Waals surface area contributed by atoms with Crippen molar-refractivity contribution in [1.29, 1.82) is 0 Å². The molecule has 5 heteroatoms. The fraction of sp³-hybridized carbons (Fsp3) is 0.280. The number of rotatable bonds is 7. The Morgan fingerprint density at radius 3 is 2.40 bits per heavy atom. The lowest BCUT2D eigenvalue weighted by Gasteiger charge is -2.10. The molecule has 0 radical (unpaired) electrons. The number of hydrogen-bond donors (Lipinski definition) is 2. The van der Waals surface area contributed by atoms with Crippen molar-refractivity contribution in [2.75, 3.05) is 11.9 Å². The van der Waals surface area contributed by atoms with E-state index in [1.807, 2.05) is 18.2 Å². The van der Waals surface area contributed by atoms with Gasteiger partial charge in [-0.05, 0) is 81.1 Å². The lowest BCUT2D eigenvalue weighted by molar-refractivity contribution is -0.119. The highest BCUT2D eigenvalue weighted by molar-refractivity contribution is 5.85. The minimum Gasteiger partial charge on any atom is -0.376 e. The third kappa shape index (κ3) is 4.98. The normalized spacial score (nSPS) is 11.1. The van der Waals surface area contributed by atoms with Crippen LogP contribution in [0.1, 0.15) is 40.6 Å². The molecule has 156 valence electrons. The molecule has 0 aliphatic heterocycles.